The lowest BCUT2D eigenvalue weighted by molar-refractivity contribution is 0.102. The van der Waals surface area contributed by atoms with Crippen molar-refractivity contribution in [3.63, 3.8) is 0 Å². The number of thioether (sulfide) groups is 1. The Kier molecular flexibility index (Phi) is 6.30. The molecule has 9 heteroatoms. The van der Waals surface area contributed by atoms with Gasteiger partial charge in [-0.2, -0.15) is 0 Å². The highest BCUT2D eigenvalue weighted by atomic mass is 32.2. The molecule has 0 atom stereocenters. The minimum atomic E-state index is -3.64. The average molecular weight is 434 g/mol. The number of aryl methyl sites for hydroxylation is 1. The van der Waals surface area contributed by atoms with Crippen molar-refractivity contribution in [3.05, 3.63) is 53.6 Å². The monoisotopic (exact) mass is 433 g/mol. The number of carbonyl (C=O) groups is 2. The third kappa shape index (κ3) is 5.59. The fourth-order valence-corrected chi connectivity index (χ4v) is 4.49. The Morgan fingerprint density at radius 2 is 1.72 bits per heavy atom. The molecule has 0 radical (unpaired) electrons. The van der Waals surface area contributed by atoms with Crippen LogP contribution < -0.4 is 10.0 Å². The molecule has 7 nitrogen and oxygen atoms in total. The summed E-state index contributed by atoms with van der Waals surface area (Å²) in [6, 6.07) is 11.4. The number of hydrogen-bond acceptors (Lipinski definition) is 5. The van der Waals surface area contributed by atoms with Crippen LogP contribution in [0.1, 0.15) is 28.8 Å². The van der Waals surface area contributed by atoms with Crippen LogP contribution in [0, 0.1) is 6.92 Å². The van der Waals surface area contributed by atoms with Crippen LogP contribution in [-0.2, 0) is 10.0 Å². The number of hydrogen-bond donors (Lipinski definition) is 2. The molecule has 0 saturated heterocycles. The number of benzene rings is 2. The van der Waals surface area contributed by atoms with Crippen LogP contribution in [0.4, 0.5) is 10.5 Å². The smallest absolute Gasteiger partial charge is 0.285 e. The molecule has 0 bridgehead atoms. The zero-order valence-corrected chi connectivity index (χ0v) is 18.1. The fourth-order valence-electron chi connectivity index (χ4n) is 2.50. The lowest BCUT2D eigenvalue weighted by Crippen LogP contribution is -2.26. The van der Waals surface area contributed by atoms with Crippen LogP contribution in [0.25, 0.3) is 0 Å². The second kappa shape index (κ2) is 8.56. The molecule has 154 valence electrons. The maximum Gasteiger partial charge on any atom is 0.285 e. The van der Waals surface area contributed by atoms with Gasteiger partial charge in [-0.1, -0.05) is 6.07 Å². The first-order valence-corrected chi connectivity index (χ1v) is 11.4. The molecule has 2 aromatic carbocycles. The average Bonchev–Trinajstić information content (AvgIpc) is 3.46. The molecule has 0 spiro atoms. The van der Waals surface area contributed by atoms with Crippen molar-refractivity contribution in [3.8, 4) is 0 Å². The fraction of sp³-hybridized carbons (Fsp3) is 0.300. The molecule has 0 heterocycles. The topological polar surface area (TPSA) is 95.6 Å². The summed E-state index contributed by atoms with van der Waals surface area (Å²) in [6.07, 6.45) is 1.68. The molecule has 2 aromatic rings. The summed E-state index contributed by atoms with van der Waals surface area (Å²) >= 11 is 1.09. The molecule has 29 heavy (non-hydrogen) atoms. The van der Waals surface area contributed by atoms with Crippen LogP contribution in [0.5, 0.6) is 0 Å². The standard InChI is InChI=1S/C20H23N3O4S2/c1-13-4-11-17(29(26,27)22-15-5-6-15)12-18(13)19(24)21-14-7-9-16(10-8-14)28-20(25)23(2)3/h4,7-12,15,22H,5-6H2,1-3H3,(H,21,24). The van der Waals surface area contributed by atoms with Crippen LogP contribution in [0.3, 0.4) is 0 Å². The molecule has 1 aliphatic rings. The van der Waals surface area contributed by atoms with Gasteiger partial charge in [-0.15, -0.1) is 0 Å². The number of anilines is 1. The van der Waals surface area contributed by atoms with Crippen molar-refractivity contribution in [1.82, 2.24) is 9.62 Å². The van der Waals surface area contributed by atoms with Gasteiger partial charge in [0.15, 0.2) is 0 Å². The second-order valence-corrected chi connectivity index (χ2v) is 9.85. The van der Waals surface area contributed by atoms with E-state index >= 15 is 0 Å². The number of sulfonamides is 1. The predicted octanol–water partition coefficient (Wildman–Crippen LogP) is 3.46. The van der Waals surface area contributed by atoms with Crippen LogP contribution >= 0.6 is 11.8 Å². The van der Waals surface area contributed by atoms with Gasteiger partial charge in [0.05, 0.1) is 4.90 Å². The molecule has 0 aliphatic heterocycles. The first kappa shape index (κ1) is 21.4. The third-order valence-electron chi connectivity index (χ3n) is 4.35. The highest BCUT2D eigenvalue weighted by Gasteiger charge is 2.28. The zero-order chi connectivity index (χ0) is 21.2. The SMILES string of the molecule is Cc1ccc(S(=O)(=O)NC2CC2)cc1C(=O)Nc1ccc(SC(=O)N(C)C)cc1. The Balaban J connectivity index is 1.73. The predicted molar refractivity (Wildman–Crippen MR) is 114 cm³/mol. The van der Waals surface area contributed by atoms with Crippen molar-refractivity contribution >= 4 is 38.6 Å². The van der Waals surface area contributed by atoms with E-state index < -0.39 is 15.9 Å². The lowest BCUT2D eigenvalue weighted by Gasteiger charge is -2.12. The molecule has 0 unspecified atom stereocenters. The summed E-state index contributed by atoms with van der Waals surface area (Å²) in [5.74, 6) is -0.393. The van der Waals surface area contributed by atoms with E-state index in [9.17, 15) is 18.0 Å². The van der Waals surface area contributed by atoms with Crippen molar-refractivity contribution in [2.24, 2.45) is 0 Å². The van der Waals surface area contributed by atoms with Gasteiger partial charge in [-0.25, -0.2) is 13.1 Å². The summed E-state index contributed by atoms with van der Waals surface area (Å²) in [7, 11) is -0.273. The van der Waals surface area contributed by atoms with Crippen molar-refractivity contribution in [2.75, 3.05) is 19.4 Å². The Hall–Kier alpha value is -2.36. The molecule has 1 fully saturated rings. The van der Waals surface area contributed by atoms with Crippen molar-refractivity contribution in [1.29, 1.82) is 0 Å². The van der Waals surface area contributed by atoms with Crippen LogP contribution in [-0.4, -0.2) is 44.6 Å². The number of rotatable bonds is 6. The number of amides is 2. The van der Waals surface area contributed by atoms with Crippen molar-refractivity contribution in [2.45, 2.75) is 35.6 Å². The van der Waals surface area contributed by atoms with Gasteiger partial charge in [0.1, 0.15) is 0 Å². The Morgan fingerprint density at radius 3 is 2.31 bits per heavy atom. The Bertz CT molecular complexity index is 1030. The minimum Gasteiger partial charge on any atom is -0.339 e. The number of nitrogens with one attached hydrogen (secondary N) is 2. The van der Waals surface area contributed by atoms with Crippen LogP contribution in [0.15, 0.2) is 52.3 Å². The highest BCUT2D eigenvalue weighted by Crippen LogP contribution is 2.25. The summed E-state index contributed by atoms with van der Waals surface area (Å²) < 4.78 is 27.5. The first-order chi connectivity index (χ1) is 13.7. The summed E-state index contributed by atoms with van der Waals surface area (Å²) in [6.45, 7) is 1.76. The van der Waals surface area contributed by atoms with Gasteiger partial charge >= 0.3 is 0 Å². The van der Waals surface area contributed by atoms with E-state index in [0.717, 1.165) is 29.5 Å². The lowest BCUT2D eigenvalue weighted by atomic mass is 10.1. The van der Waals surface area contributed by atoms with Gasteiger partial charge in [0.25, 0.3) is 11.1 Å². The number of nitrogens with zero attached hydrogens (tertiary/aromatic N) is 1. The van der Waals surface area contributed by atoms with E-state index in [0.29, 0.717) is 16.8 Å². The van der Waals surface area contributed by atoms with Gasteiger partial charge in [0.2, 0.25) is 10.0 Å². The summed E-state index contributed by atoms with van der Waals surface area (Å²) in [4.78, 5) is 26.8. The quantitative estimate of drug-likeness (QED) is 0.680. The Morgan fingerprint density at radius 1 is 1.07 bits per heavy atom. The maximum absolute atomic E-state index is 12.7. The zero-order valence-electron chi connectivity index (χ0n) is 16.4. The molecular weight excluding hydrogens is 410 g/mol. The number of carbonyl (C=O) groups excluding carboxylic acids is 2. The van der Waals surface area contributed by atoms with E-state index in [1.165, 1.54) is 17.0 Å². The van der Waals surface area contributed by atoms with Gasteiger partial charge in [-0.3, -0.25) is 9.59 Å². The second-order valence-electron chi connectivity index (χ2n) is 7.11. The molecule has 3 rings (SSSR count). The van der Waals surface area contributed by atoms with E-state index in [-0.39, 0.29) is 16.2 Å². The minimum absolute atomic E-state index is 0.00524. The molecule has 1 aliphatic carbocycles. The van der Waals surface area contributed by atoms with Gasteiger partial charge < -0.3 is 10.2 Å². The molecule has 0 aromatic heterocycles. The normalized spacial score (nSPS) is 13.8. The van der Waals surface area contributed by atoms with Gasteiger partial charge in [0, 0.05) is 36.3 Å². The largest absolute Gasteiger partial charge is 0.339 e. The summed E-state index contributed by atoms with van der Waals surface area (Å²) in [5, 5.41) is 2.69. The molecular formula is C20H23N3O4S2. The van der Waals surface area contributed by atoms with Crippen molar-refractivity contribution < 1.29 is 18.0 Å². The molecule has 2 amide bonds. The first-order valence-electron chi connectivity index (χ1n) is 9.09. The van der Waals surface area contributed by atoms with E-state index in [1.54, 1.807) is 51.4 Å². The van der Waals surface area contributed by atoms with E-state index in [2.05, 4.69) is 10.0 Å². The van der Waals surface area contributed by atoms with E-state index in [1.807, 2.05) is 0 Å². The van der Waals surface area contributed by atoms with E-state index in [4.69, 9.17) is 0 Å². The third-order valence-corrected chi connectivity index (χ3v) is 6.91. The summed E-state index contributed by atoms with van der Waals surface area (Å²) in [5.41, 5.74) is 1.53. The van der Waals surface area contributed by atoms with Crippen LogP contribution in [0.2, 0.25) is 0 Å². The molecule has 2 N–H and O–H groups in total. The molecule has 1 saturated carbocycles. The Labute approximate surface area is 174 Å². The highest BCUT2D eigenvalue weighted by molar-refractivity contribution is 8.13. The maximum atomic E-state index is 12.7. The van der Waals surface area contributed by atoms with Gasteiger partial charge in [-0.05, 0) is 73.5 Å².